The van der Waals surface area contributed by atoms with E-state index in [1.54, 1.807) is 0 Å². The number of nitrogens with one attached hydrogen (secondary N) is 1. The molecule has 0 saturated carbocycles. The van der Waals surface area contributed by atoms with Crippen LogP contribution in [-0.4, -0.2) is 23.6 Å². The molecule has 0 atom stereocenters. The summed E-state index contributed by atoms with van der Waals surface area (Å²) < 4.78 is 0. The Bertz CT molecular complexity index is 395. The third kappa shape index (κ3) is 25.6. The van der Waals surface area contributed by atoms with Gasteiger partial charge in [0.05, 0.1) is 12.8 Å². The largest absolute Gasteiger partial charge is 1.00 e. The Morgan fingerprint density at radius 1 is 0.821 bits per heavy atom. The smallest absolute Gasteiger partial charge is 1.00 e. The van der Waals surface area contributed by atoms with Crippen LogP contribution in [0.1, 0.15) is 111 Å². The van der Waals surface area contributed by atoms with E-state index in [0.717, 1.165) is 12.8 Å². The first-order valence-corrected chi connectivity index (χ1v) is 11.0. The summed E-state index contributed by atoms with van der Waals surface area (Å²) in [7, 11) is 0. The van der Waals surface area contributed by atoms with E-state index in [4.69, 9.17) is 9.94 Å². The second-order valence-corrected chi connectivity index (χ2v) is 7.20. The Labute approximate surface area is 195 Å². The fourth-order valence-corrected chi connectivity index (χ4v) is 2.84. The number of hydrogen-bond donors (Lipinski definition) is 2. The molecule has 0 heterocycles. The van der Waals surface area contributed by atoms with Gasteiger partial charge in [-0.2, -0.15) is 5.48 Å². The Balaban J connectivity index is -0.00000338. The van der Waals surface area contributed by atoms with Gasteiger partial charge in [-0.25, -0.2) is 0 Å². The molecule has 0 aliphatic heterocycles. The molecule has 160 valence electrons. The van der Waals surface area contributed by atoms with Gasteiger partial charge < -0.3 is 11.4 Å². The van der Waals surface area contributed by atoms with Crippen molar-refractivity contribution in [2.75, 3.05) is 6.54 Å². The maximum absolute atomic E-state index is 11.2. The first kappa shape index (κ1) is 29.8. The van der Waals surface area contributed by atoms with Crippen molar-refractivity contribution in [3.63, 3.8) is 0 Å². The Kier molecular flexibility index (Phi) is 26.3. The third-order valence-electron chi connectivity index (χ3n) is 4.52. The maximum atomic E-state index is 11.2. The van der Waals surface area contributed by atoms with Gasteiger partial charge in [-0.1, -0.05) is 76.9 Å². The van der Waals surface area contributed by atoms with Gasteiger partial charge in [-0.05, 0) is 32.1 Å². The zero-order valence-electron chi connectivity index (χ0n) is 19.3. The van der Waals surface area contributed by atoms with Crippen molar-refractivity contribution >= 4 is 11.9 Å². The minimum atomic E-state index is -0.986. The van der Waals surface area contributed by atoms with Crippen LogP contribution in [0.5, 0.6) is 0 Å². The fraction of sp³-hybridized carbons (Fsp3) is 0.818. The number of carbonyl (C=O) groups is 2. The van der Waals surface area contributed by atoms with Gasteiger partial charge in [-0.15, -0.1) is 0 Å². The second kappa shape index (κ2) is 24.7. The Hall–Kier alpha value is -0.360. The molecule has 0 radical (unpaired) electrons. The molecule has 0 aliphatic carbocycles. The molecule has 0 saturated heterocycles. The van der Waals surface area contributed by atoms with Crippen LogP contribution in [0, 0.1) is 0 Å². The average Bonchev–Trinajstić information content (AvgIpc) is 2.65. The number of aliphatic carboxylic acids is 1. The minimum absolute atomic E-state index is 0. The van der Waals surface area contributed by atoms with Crippen molar-refractivity contribution < 1.29 is 50.5 Å². The van der Waals surface area contributed by atoms with Gasteiger partial charge in [0.15, 0.2) is 0 Å². The number of allylic oxidation sites excluding steroid dienone is 2. The first-order chi connectivity index (χ1) is 13.2. The van der Waals surface area contributed by atoms with Crippen molar-refractivity contribution in [1.82, 2.24) is 5.48 Å². The molecule has 6 heteroatoms. The van der Waals surface area contributed by atoms with E-state index in [0.29, 0.717) is 6.54 Å². The van der Waals surface area contributed by atoms with Crippen LogP contribution in [0.15, 0.2) is 12.2 Å². The molecule has 28 heavy (non-hydrogen) atoms. The van der Waals surface area contributed by atoms with E-state index in [1.807, 2.05) is 0 Å². The van der Waals surface area contributed by atoms with Crippen molar-refractivity contribution in [3.8, 4) is 0 Å². The van der Waals surface area contributed by atoms with Gasteiger partial charge in [0, 0.05) is 6.54 Å². The monoisotopic (exact) mass is 407 g/mol. The molecule has 0 aromatic carbocycles. The summed E-state index contributed by atoms with van der Waals surface area (Å²) in [6.07, 6.45) is 22.1. The Morgan fingerprint density at radius 3 is 1.86 bits per heavy atom. The summed E-state index contributed by atoms with van der Waals surface area (Å²) >= 11 is 0. The SMILES string of the molecule is CCCCCCCC/C=C\CCCCCCCCNOC(=O)CCC(=O)O.[H-].[Na+]. The second-order valence-electron chi connectivity index (χ2n) is 7.20. The number of rotatable bonds is 20. The quantitative estimate of drug-likeness (QED) is 0.140. The summed E-state index contributed by atoms with van der Waals surface area (Å²) in [4.78, 5) is 26.2. The molecule has 0 amide bonds. The van der Waals surface area contributed by atoms with Crippen LogP contribution < -0.4 is 35.0 Å². The maximum Gasteiger partial charge on any atom is 1.00 e. The zero-order chi connectivity index (χ0) is 20.0. The van der Waals surface area contributed by atoms with E-state index in [2.05, 4.69) is 24.6 Å². The standard InChI is InChI=1S/C22H41NO4.Na.H/c1-2-3-4-5-6-7-8-9-10-11-12-13-14-15-16-17-20-23-27-22(26)19-18-21(24)25;;/h9-10,23H,2-8,11-20H2,1H3,(H,24,25);;/q;+1;-1/b10-9-;;. The summed E-state index contributed by atoms with van der Waals surface area (Å²) in [6.45, 7) is 2.88. The van der Waals surface area contributed by atoms with Gasteiger partial charge in [-0.3, -0.25) is 9.59 Å². The molecule has 5 nitrogen and oxygen atoms in total. The average molecular weight is 408 g/mol. The molecule has 0 rings (SSSR count). The molecule has 0 aliphatic rings. The fourth-order valence-electron chi connectivity index (χ4n) is 2.84. The van der Waals surface area contributed by atoms with Gasteiger partial charge >= 0.3 is 41.5 Å². The summed E-state index contributed by atoms with van der Waals surface area (Å²) in [5.74, 6) is -1.50. The molecule has 2 N–H and O–H groups in total. The normalized spacial score (nSPS) is 10.8. The molecule has 0 aromatic rings. The minimum Gasteiger partial charge on any atom is -1.00 e. The summed E-state index contributed by atoms with van der Waals surface area (Å²) in [6, 6.07) is 0. The summed E-state index contributed by atoms with van der Waals surface area (Å²) in [5, 5.41) is 8.46. The van der Waals surface area contributed by atoms with E-state index >= 15 is 0 Å². The first-order valence-electron chi connectivity index (χ1n) is 11.0. The van der Waals surface area contributed by atoms with Crippen LogP contribution >= 0.6 is 0 Å². The van der Waals surface area contributed by atoms with Crippen molar-refractivity contribution in [1.29, 1.82) is 0 Å². The van der Waals surface area contributed by atoms with E-state index < -0.39 is 11.9 Å². The number of carboxylic acids is 1. The zero-order valence-corrected chi connectivity index (χ0v) is 20.3. The van der Waals surface area contributed by atoms with Crippen molar-refractivity contribution in [2.45, 2.75) is 110 Å². The predicted octanol–water partition coefficient (Wildman–Crippen LogP) is 3.05. The number of carboxylic acid groups (broad SMARTS) is 1. The van der Waals surface area contributed by atoms with Crippen LogP contribution in [0.4, 0.5) is 0 Å². The number of carbonyl (C=O) groups excluding carboxylic acids is 1. The van der Waals surface area contributed by atoms with Crippen molar-refractivity contribution in [3.05, 3.63) is 12.2 Å². The predicted molar refractivity (Wildman–Crippen MR) is 112 cm³/mol. The molecule has 0 spiro atoms. The van der Waals surface area contributed by atoms with Crippen molar-refractivity contribution in [2.24, 2.45) is 0 Å². The van der Waals surface area contributed by atoms with Gasteiger partial charge in [0.2, 0.25) is 0 Å². The number of hydroxylamine groups is 1. The topological polar surface area (TPSA) is 75.6 Å². The number of unbranched alkanes of at least 4 members (excludes halogenated alkanes) is 12. The molecule has 0 unspecified atom stereocenters. The van der Waals surface area contributed by atoms with Crippen LogP contribution in [0.2, 0.25) is 0 Å². The molecular weight excluding hydrogens is 365 g/mol. The van der Waals surface area contributed by atoms with E-state index in [9.17, 15) is 9.59 Å². The molecule has 0 bridgehead atoms. The van der Waals surface area contributed by atoms with E-state index in [-0.39, 0.29) is 43.8 Å². The third-order valence-corrected chi connectivity index (χ3v) is 4.52. The summed E-state index contributed by atoms with van der Waals surface area (Å²) in [5.41, 5.74) is 2.61. The molecular formula is C22H42NNaO4. The Morgan fingerprint density at radius 2 is 1.32 bits per heavy atom. The number of hydrogen-bond acceptors (Lipinski definition) is 4. The molecule has 0 fully saturated rings. The van der Waals surface area contributed by atoms with E-state index in [1.165, 1.54) is 77.0 Å². The van der Waals surface area contributed by atoms with Crippen LogP contribution in [0.3, 0.4) is 0 Å². The van der Waals surface area contributed by atoms with Gasteiger partial charge in [0.25, 0.3) is 0 Å². The molecule has 0 aromatic heterocycles. The van der Waals surface area contributed by atoms with Gasteiger partial charge in [0.1, 0.15) is 0 Å². The van der Waals surface area contributed by atoms with Crippen LogP contribution in [0.25, 0.3) is 0 Å². The van der Waals surface area contributed by atoms with Crippen LogP contribution in [-0.2, 0) is 14.4 Å².